The minimum absolute atomic E-state index is 0.121. The second-order valence-corrected chi connectivity index (χ2v) is 7.34. The Morgan fingerprint density at radius 3 is 2.10 bits per heavy atom. The van der Waals surface area contributed by atoms with Gasteiger partial charge in [0, 0.05) is 36.3 Å². The molecule has 1 unspecified atom stereocenters. The summed E-state index contributed by atoms with van der Waals surface area (Å²) in [6, 6.07) is 27.0. The van der Waals surface area contributed by atoms with Gasteiger partial charge >= 0.3 is 6.03 Å². The van der Waals surface area contributed by atoms with Crippen molar-refractivity contribution in [1.82, 2.24) is 15.2 Å². The average Bonchev–Trinajstić information content (AvgIpc) is 3.14. The zero-order chi connectivity index (χ0) is 20.9. The van der Waals surface area contributed by atoms with Crippen molar-refractivity contribution < 1.29 is 9.90 Å². The van der Waals surface area contributed by atoms with Crippen LogP contribution in [0.3, 0.4) is 0 Å². The third-order valence-electron chi connectivity index (χ3n) is 5.28. The van der Waals surface area contributed by atoms with Gasteiger partial charge in [0.05, 0.1) is 12.1 Å². The highest BCUT2D eigenvalue weighted by molar-refractivity contribution is 5.84. The topological polar surface area (TPSA) is 66.3 Å². The third kappa shape index (κ3) is 4.21. The van der Waals surface area contributed by atoms with Gasteiger partial charge in [0.25, 0.3) is 0 Å². The fraction of sp³-hybridized carbons (Fsp3) is 0.160. The predicted octanol–water partition coefficient (Wildman–Crippen LogP) is 4.30. The van der Waals surface area contributed by atoms with Crippen LogP contribution in [0.4, 0.5) is 4.79 Å². The minimum Gasteiger partial charge on any atom is -0.386 e. The number of hydrogen-bond donors (Lipinski definition) is 3. The van der Waals surface area contributed by atoms with Gasteiger partial charge in [-0.2, -0.15) is 0 Å². The molecule has 2 amide bonds. The van der Waals surface area contributed by atoms with Crippen LogP contribution >= 0.6 is 0 Å². The van der Waals surface area contributed by atoms with E-state index >= 15 is 0 Å². The van der Waals surface area contributed by atoms with Crippen LogP contribution in [0.1, 0.15) is 28.8 Å². The number of aliphatic hydroxyl groups is 1. The Balaban J connectivity index is 1.46. The van der Waals surface area contributed by atoms with Crippen molar-refractivity contribution >= 4 is 16.9 Å². The molecule has 0 saturated carbocycles. The summed E-state index contributed by atoms with van der Waals surface area (Å²) < 4.78 is 1.98. The van der Waals surface area contributed by atoms with E-state index < -0.39 is 6.10 Å². The Morgan fingerprint density at radius 2 is 1.47 bits per heavy atom. The summed E-state index contributed by atoms with van der Waals surface area (Å²) >= 11 is 0. The summed E-state index contributed by atoms with van der Waals surface area (Å²) in [6.07, 6.45) is 1.11. The number of carbonyl (C=O) groups is 1. The second-order valence-electron chi connectivity index (χ2n) is 7.34. The summed E-state index contributed by atoms with van der Waals surface area (Å²) in [4.78, 5) is 12.7. The van der Waals surface area contributed by atoms with Gasteiger partial charge in [0.1, 0.15) is 0 Å². The van der Waals surface area contributed by atoms with Crippen LogP contribution < -0.4 is 10.6 Å². The highest BCUT2D eigenvalue weighted by Crippen LogP contribution is 2.26. The Labute approximate surface area is 176 Å². The molecule has 0 aliphatic heterocycles. The maximum atomic E-state index is 12.7. The van der Waals surface area contributed by atoms with Crippen molar-refractivity contribution in [2.45, 2.75) is 12.1 Å². The molecular formula is C25H25N3O2. The van der Waals surface area contributed by atoms with Crippen molar-refractivity contribution in [3.05, 3.63) is 108 Å². The Bertz CT molecular complexity index is 1080. The smallest absolute Gasteiger partial charge is 0.315 e. The number of carbonyl (C=O) groups excluding carboxylic acids is 1. The summed E-state index contributed by atoms with van der Waals surface area (Å²) in [5.74, 6) is 0. The van der Waals surface area contributed by atoms with E-state index in [-0.39, 0.29) is 18.6 Å². The van der Waals surface area contributed by atoms with Crippen LogP contribution in [0, 0.1) is 0 Å². The number of nitrogens with zero attached hydrogens (tertiary/aromatic N) is 1. The first kappa shape index (κ1) is 19.7. The zero-order valence-corrected chi connectivity index (χ0v) is 16.8. The van der Waals surface area contributed by atoms with E-state index in [4.69, 9.17) is 0 Å². The molecule has 5 heteroatoms. The van der Waals surface area contributed by atoms with Crippen LogP contribution in [0.15, 0.2) is 91.1 Å². The molecule has 3 N–H and O–H groups in total. The minimum atomic E-state index is -0.797. The summed E-state index contributed by atoms with van der Waals surface area (Å²) in [5.41, 5.74) is 3.84. The predicted molar refractivity (Wildman–Crippen MR) is 119 cm³/mol. The van der Waals surface area contributed by atoms with Crippen LogP contribution in [-0.4, -0.2) is 22.2 Å². The van der Waals surface area contributed by atoms with Gasteiger partial charge in [-0.15, -0.1) is 0 Å². The zero-order valence-electron chi connectivity index (χ0n) is 16.8. The quantitative estimate of drug-likeness (QED) is 0.453. The highest BCUT2D eigenvalue weighted by atomic mass is 16.3. The number of aliphatic hydroxyl groups excluding tert-OH is 1. The van der Waals surface area contributed by atoms with Gasteiger partial charge in [-0.1, -0.05) is 78.9 Å². The first-order valence-corrected chi connectivity index (χ1v) is 10.00. The molecule has 4 rings (SSSR count). The lowest BCUT2D eigenvalue weighted by molar-refractivity contribution is 0.174. The molecule has 152 valence electrons. The number of para-hydroxylation sites is 1. The summed E-state index contributed by atoms with van der Waals surface area (Å²) in [6.45, 7) is 0.121. The Morgan fingerprint density at radius 1 is 0.900 bits per heavy atom. The molecule has 0 spiro atoms. The van der Waals surface area contributed by atoms with Crippen molar-refractivity contribution in [2.75, 3.05) is 6.54 Å². The number of fused-ring (bicyclic) bond motifs is 1. The van der Waals surface area contributed by atoms with Crippen LogP contribution in [0.2, 0.25) is 0 Å². The van der Waals surface area contributed by atoms with Crippen LogP contribution in [-0.2, 0) is 7.05 Å². The summed E-state index contributed by atoms with van der Waals surface area (Å²) in [5, 5.41) is 17.5. The monoisotopic (exact) mass is 399 g/mol. The van der Waals surface area contributed by atoms with E-state index in [9.17, 15) is 9.90 Å². The van der Waals surface area contributed by atoms with Gasteiger partial charge in [-0.05, 0) is 17.2 Å². The summed E-state index contributed by atoms with van der Waals surface area (Å²) in [7, 11) is 1.95. The standard InChI is InChI=1S/C25H25N3O2/c1-28-17-21(20-14-8-9-15-22(20)28)23(29)16-26-25(30)27-24(18-10-4-2-5-11-18)19-12-6-3-7-13-19/h2-15,17,23-24,29H,16H2,1H3,(H2,26,27,30). The van der Waals surface area contributed by atoms with Gasteiger partial charge in [-0.25, -0.2) is 4.79 Å². The lowest BCUT2D eigenvalue weighted by atomic mass is 9.99. The molecule has 30 heavy (non-hydrogen) atoms. The molecule has 1 heterocycles. The molecule has 1 atom stereocenters. The van der Waals surface area contributed by atoms with Crippen LogP contribution in [0.5, 0.6) is 0 Å². The van der Waals surface area contributed by atoms with E-state index in [2.05, 4.69) is 10.6 Å². The molecule has 0 fully saturated rings. The third-order valence-corrected chi connectivity index (χ3v) is 5.28. The molecule has 0 aliphatic rings. The number of amides is 2. The first-order chi connectivity index (χ1) is 14.6. The molecule has 0 radical (unpaired) electrons. The number of hydrogen-bond acceptors (Lipinski definition) is 2. The van der Waals surface area contributed by atoms with Crippen molar-refractivity contribution in [1.29, 1.82) is 0 Å². The van der Waals surface area contributed by atoms with Crippen molar-refractivity contribution in [3.63, 3.8) is 0 Å². The van der Waals surface area contributed by atoms with E-state index in [1.54, 1.807) is 0 Å². The number of benzene rings is 3. The lowest BCUT2D eigenvalue weighted by Gasteiger charge is -2.21. The molecular weight excluding hydrogens is 374 g/mol. The lowest BCUT2D eigenvalue weighted by Crippen LogP contribution is -2.40. The normalized spacial score (nSPS) is 12.1. The molecule has 3 aromatic carbocycles. The molecule has 0 bridgehead atoms. The van der Waals surface area contributed by atoms with Crippen LogP contribution in [0.25, 0.3) is 10.9 Å². The molecule has 1 aromatic heterocycles. The average molecular weight is 399 g/mol. The molecule has 0 aliphatic carbocycles. The van der Waals surface area contributed by atoms with E-state index in [1.807, 2.05) is 103 Å². The van der Waals surface area contributed by atoms with Gasteiger partial charge < -0.3 is 20.3 Å². The molecule has 5 nitrogen and oxygen atoms in total. The highest BCUT2D eigenvalue weighted by Gasteiger charge is 2.19. The van der Waals surface area contributed by atoms with Gasteiger partial charge in [-0.3, -0.25) is 0 Å². The van der Waals surface area contributed by atoms with Crippen molar-refractivity contribution in [2.24, 2.45) is 7.05 Å². The maximum Gasteiger partial charge on any atom is 0.315 e. The molecule has 4 aromatic rings. The number of rotatable bonds is 6. The fourth-order valence-electron chi connectivity index (χ4n) is 3.77. The SMILES string of the molecule is Cn1cc(C(O)CNC(=O)NC(c2ccccc2)c2ccccc2)c2ccccc21. The van der Waals surface area contributed by atoms with E-state index in [0.29, 0.717) is 0 Å². The Kier molecular flexibility index (Phi) is 5.82. The number of nitrogens with one attached hydrogen (secondary N) is 2. The first-order valence-electron chi connectivity index (χ1n) is 10.00. The largest absolute Gasteiger partial charge is 0.386 e. The second kappa shape index (κ2) is 8.84. The maximum absolute atomic E-state index is 12.7. The number of urea groups is 1. The van der Waals surface area contributed by atoms with E-state index in [1.165, 1.54) is 0 Å². The van der Waals surface area contributed by atoms with Crippen molar-refractivity contribution in [3.8, 4) is 0 Å². The van der Waals surface area contributed by atoms with Gasteiger partial charge in [0.15, 0.2) is 0 Å². The Hall–Kier alpha value is -3.57. The molecule has 0 saturated heterocycles. The fourth-order valence-corrected chi connectivity index (χ4v) is 3.77. The number of aromatic nitrogens is 1. The van der Waals surface area contributed by atoms with Gasteiger partial charge in [0.2, 0.25) is 0 Å². The number of aryl methyl sites for hydroxylation is 1. The van der Waals surface area contributed by atoms with E-state index in [0.717, 1.165) is 27.6 Å².